The van der Waals surface area contributed by atoms with Gasteiger partial charge in [-0.15, -0.1) is 0 Å². The molecule has 0 aliphatic heterocycles. The van der Waals surface area contributed by atoms with Crippen LogP contribution in [-0.2, 0) is 60.5 Å². The number of esters is 4. The first-order valence-corrected chi connectivity index (χ1v) is 10.2. The predicted octanol–water partition coefficient (Wildman–Crippen LogP) is 0.917. The van der Waals surface area contributed by atoms with E-state index < -0.39 is 21.6 Å². The zero-order valence-corrected chi connectivity index (χ0v) is 21.4. The quantitative estimate of drug-likeness (QED) is 0.188. The third-order valence-electron chi connectivity index (χ3n) is 2.41. The molecule has 27 heavy (non-hydrogen) atoms. The molecule has 11 heteroatoms. The normalized spacial score (nSPS) is 11.5. The van der Waals surface area contributed by atoms with Crippen molar-refractivity contribution >= 4 is 55.9 Å². The molecule has 0 aromatic heterocycles. The standard InChI is InChI=1S/2C8H13O4Se.Au/c2*1-3-11-7(9)5-6(13)8(10)12-4-2;/h2*6H,3-5H2,1-2H3;. The number of rotatable bonds is 10. The van der Waals surface area contributed by atoms with Crippen LogP contribution in [0.1, 0.15) is 40.5 Å². The van der Waals surface area contributed by atoms with Gasteiger partial charge in [0.05, 0.1) is 0 Å². The molecule has 0 rings (SSSR count). The summed E-state index contributed by atoms with van der Waals surface area (Å²) in [5.41, 5.74) is 0. The summed E-state index contributed by atoms with van der Waals surface area (Å²) in [5.74, 6) is -1.59. The molecular formula is C16H26AuO8Se2. The second-order valence-corrected chi connectivity index (χ2v) is 6.89. The van der Waals surface area contributed by atoms with Gasteiger partial charge in [-0.3, -0.25) is 0 Å². The summed E-state index contributed by atoms with van der Waals surface area (Å²) in [4.78, 5) is 42.8. The Hall–Kier alpha value is -0.341. The summed E-state index contributed by atoms with van der Waals surface area (Å²) in [7, 11) is 0. The molecule has 0 saturated heterocycles. The molecule has 0 aliphatic carbocycles. The van der Waals surface area contributed by atoms with Gasteiger partial charge in [0.2, 0.25) is 0 Å². The van der Waals surface area contributed by atoms with Gasteiger partial charge >= 0.3 is 171 Å². The van der Waals surface area contributed by atoms with Gasteiger partial charge in [-0.2, -0.15) is 0 Å². The first-order valence-electron chi connectivity index (χ1n) is 8.19. The number of hydrogen-bond acceptors (Lipinski definition) is 8. The van der Waals surface area contributed by atoms with Gasteiger partial charge in [0.15, 0.2) is 0 Å². The van der Waals surface area contributed by atoms with Crippen molar-refractivity contribution in [2.24, 2.45) is 0 Å². The van der Waals surface area contributed by atoms with E-state index in [0.717, 1.165) is 0 Å². The van der Waals surface area contributed by atoms with Crippen molar-refractivity contribution in [3.63, 3.8) is 0 Å². The fourth-order valence-electron chi connectivity index (χ4n) is 1.38. The minimum atomic E-state index is -0.543. The van der Waals surface area contributed by atoms with Crippen LogP contribution in [0.15, 0.2) is 0 Å². The summed E-state index contributed by atoms with van der Waals surface area (Å²) in [6.07, 6.45) is 0.0688. The van der Waals surface area contributed by atoms with Gasteiger partial charge in [0.1, 0.15) is 0 Å². The minimum absolute atomic E-state index is 0. The molecule has 0 saturated carbocycles. The molecule has 0 aliphatic rings. The number of carbonyl (C=O) groups is 4. The smallest absolute Gasteiger partial charge is 0 e. The Morgan fingerprint density at radius 2 is 0.889 bits per heavy atom. The summed E-state index contributed by atoms with van der Waals surface area (Å²) in [6, 6.07) is 0. The summed E-state index contributed by atoms with van der Waals surface area (Å²) in [6.45, 7) is 8.17. The van der Waals surface area contributed by atoms with Crippen LogP contribution < -0.4 is 0 Å². The van der Waals surface area contributed by atoms with Crippen molar-refractivity contribution < 1.29 is 60.5 Å². The molecule has 3 radical (unpaired) electrons. The molecular weight excluding hydrogens is 675 g/mol. The van der Waals surface area contributed by atoms with Crippen LogP contribution in [0, 0.1) is 0 Å². The maximum Gasteiger partial charge on any atom is 0 e. The van der Waals surface area contributed by atoms with Gasteiger partial charge in [0.25, 0.3) is 0 Å². The number of carbonyl (C=O) groups excluding carboxylic acids is 4. The average molecular weight is 701 g/mol. The number of ether oxygens (including phenoxy) is 4. The monoisotopic (exact) mass is 703 g/mol. The van der Waals surface area contributed by atoms with E-state index in [2.05, 4.69) is 41.5 Å². The van der Waals surface area contributed by atoms with Crippen LogP contribution in [-0.4, -0.2) is 82.3 Å². The van der Waals surface area contributed by atoms with Crippen molar-refractivity contribution in [1.82, 2.24) is 0 Å². The van der Waals surface area contributed by atoms with Crippen LogP contribution >= 0.6 is 0 Å². The molecule has 0 amide bonds. The van der Waals surface area contributed by atoms with E-state index >= 15 is 0 Å². The third kappa shape index (κ3) is 18.8. The van der Waals surface area contributed by atoms with Crippen LogP contribution in [0.3, 0.4) is 0 Å². The molecule has 8 nitrogen and oxygen atoms in total. The van der Waals surface area contributed by atoms with Crippen molar-refractivity contribution in [3.8, 4) is 0 Å². The van der Waals surface area contributed by atoms with Crippen LogP contribution in [0.5, 0.6) is 0 Å². The van der Waals surface area contributed by atoms with Crippen LogP contribution in [0.4, 0.5) is 0 Å². The van der Waals surface area contributed by atoms with Crippen LogP contribution in [0.2, 0.25) is 9.63 Å². The zero-order chi connectivity index (χ0) is 20.5. The molecule has 0 N–H and O–H groups in total. The molecule has 0 spiro atoms. The fraction of sp³-hybridized carbons (Fsp3) is 0.750. The Labute approximate surface area is 192 Å². The minimum Gasteiger partial charge on any atom is 0 e. The molecule has 0 bridgehead atoms. The second kappa shape index (κ2) is 20.4. The first-order chi connectivity index (χ1) is 12.2. The van der Waals surface area contributed by atoms with Gasteiger partial charge in [-0.1, -0.05) is 0 Å². The van der Waals surface area contributed by atoms with E-state index in [4.69, 9.17) is 9.47 Å². The molecule has 2 unspecified atom stereocenters. The number of hydrogen-bond donors (Lipinski definition) is 0. The van der Waals surface area contributed by atoms with E-state index in [1.807, 2.05) is 0 Å². The second-order valence-electron chi connectivity index (χ2n) is 4.50. The third-order valence-corrected chi connectivity index (χ3v) is 3.92. The largest absolute Gasteiger partial charge is 0 e. The molecule has 0 heterocycles. The maximum atomic E-state index is 11.0. The van der Waals surface area contributed by atoms with Crippen LogP contribution in [0.25, 0.3) is 0 Å². The molecule has 0 fully saturated rings. The Balaban J connectivity index is -0.000000411. The molecule has 161 valence electrons. The van der Waals surface area contributed by atoms with Crippen molar-refractivity contribution in [3.05, 3.63) is 0 Å². The molecule has 0 aromatic carbocycles. The maximum absolute atomic E-state index is 11.0. The van der Waals surface area contributed by atoms with Crippen molar-refractivity contribution in [2.75, 3.05) is 26.4 Å². The summed E-state index contributed by atoms with van der Waals surface area (Å²) < 4.78 is 18.8. The van der Waals surface area contributed by atoms with E-state index in [0.29, 0.717) is 26.4 Å². The summed E-state index contributed by atoms with van der Waals surface area (Å²) in [5, 5.41) is 0. The average Bonchev–Trinajstić information content (AvgIpc) is 2.56. The SMILES string of the molecule is CCOC(=O)CC([Se])C(=O)OCC.CCOC(=O)CC([Se])C(=O)OCC.[Au]. The predicted molar refractivity (Wildman–Crippen MR) is 94.8 cm³/mol. The Kier molecular flexibility index (Phi) is 23.7. The topological polar surface area (TPSA) is 105 Å². The van der Waals surface area contributed by atoms with E-state index in [1.54, 1.807) is 27.7 Å². The Bertz CT molecular complexity index is 408. The fourth-order valence-corrected chi connectivity index (χ4v) is 2.24. The van der Waals surface area contributed by atoms with E-state index in [1.165, 1.54) is 0 Å². The van der Waals surface area contributed by atoms with Gasteiger partial charge in [0, 0.05) is 22.4 Å². The molecule has 2 atom stereocenters. The van der Waals surface area contributed by atoms with E-state index in [9.17, 15) is 19.2 Å². The van der Waals surface area contributed by atoms with Gasteiger partial charge < -0.3 is 0 Å². The van der Waals surface area contributed by atoms with Gasteiger partial charge in [-0.25, -0.2) is 0 Å². The first kappa shape index (κ1) is 31.4. The van der Waals surface area contributed by atoms with Gasteiger partial charge in [-0.05, 0) is 0 Å². The van der Waals surface area contributed by atoms with E-state index in [-0.39, 0.29) is 47.2 Å². The zero-order valence-electron chi connectivity index (χ0n) is 15.8. The Morgan fingerprint density at radius 3 is 1.11 bits per heavy atom. The van der Waals surface area contributed by atoms with Crippen molar-refractivity contribution in [2.45, 2.75) is 50.2 Å². The van der Waals surface area contributed by atoms with Crippen molar-refractivity contribution in [1.29, 1.82) is 0 Å². The summed E-state index contributed by atoms with van der Waals surface area (Å²) >= 11 is 5.15. The Morgan fingerprint density at radius 1 is 0.630 bits per heavy atom. The molecule has 0 aromatic rings.